The van der Waals surface area contributed by atoms with Gasteiger partial charge in [0.1, 0.15) is 11.3 Å². The Morgan fingerprint density at radius 1 is 1.26 bits per heavy atom. The molecule has 8 nitrogen and oxygen atoms in total. The van der Waals surface area contributed by atoms with Crippen molar-refractivity contribution in [2.45, 2.75) is 45.6 Å². The van der Waals surface area contributed by atoms with E-state index in [1.54, 1.807) is 19.3 Å². The van der Waals surface area contributed by atoms with Crippen LogP contribution in [0.3, 0.4) is 0 Å². The first-order chi connectivity index (χ1) is 15.0. The van der Waals surface area contributed by atoms with Crippen molar-refractivity contribution in [1.82, 2.24) is 25.0 Å². The molecule has 1 amide bonds. The predicted octanol–water partition coefficient (Wildman–Crippen LogP) is 3.83. The summed E-state index contributed by atoms with van der Waals surface area (Å²) < 4.78 is 5.35. The molecule has 4 rings (SSSR count). The van der Waals surface area contributed by atoms with Gasteiger partial charge in [0.15, 0.2) is 0 Å². The van der Waals surface area contributed by atoms with Gasteiger partial charge in [0.05, 0.1) is 17.4 Å². The van der Waals surface area contributed by atoms with Gasteiger partial charge in [-0.3, -0.25) is 9.78 Å². The Kier molecular flexibility index (Phi) is 5.97. The lowest BCUT2D eigenvalue weighted by molar-refractivity contribution is 0.0604. The molecule has 0 aliphatic carbocycles. The number of amides is 1. The molecule has 0 spiro atoms. The smallest absolute Gasteiger partial charge is 0.259 e. The molecule has 162 valence electrons. The molecule has 0 N–H and O–H groups in total. The zero-order chi connectivity index (χ0) is 22.0. The van der Waals surface area contributed by atoms with E-state index in [-0.39, 0.29) is 11.9 Å². The summed E-state index contributed by atoms with van der Waals surface area (Å²) in [5.74, 6) is 1.16. The molecule has 0 aromatic carbocycles. The van der Waals surface area contributed by atoms with Crippen molar-refractivity contribution >= 4 is 11.9 Å². The van der Waals surface area contributed by atoms with E-state index < -0.39 is 0 Å². The molecule has 1 aliphatic rings. The quantitative estimate of drug-likeness (QED) is 0.620. The molecule has 0 unspecified atom stereocenters. The lowest BCUT2D eigenvalue weighted by Gasteiger charge is -2.36. The van der Waals surface area contributed by atoms with Crippen LogP contribution in [0.2, 0.25) is 0 Å². The minimum Gasteiger partial charge on any atom is -0.361 e. The number of hydrogen-bond acceptors (Lipinski definition) is 7. The number of aromatic nitrogens is 4. The van der Waals surface area contributed by atoms with Gasteiger partial charge < -0.3 is 14.3 Å². The fraction of sp³-hybridized carbons (Fsp3) is 0.435. The van der Waals surface area contributed by atoms with Gasteiger partial charge in [0.2, 0.25) is 5.95 Å². The molecule has 3 aromatic heterocycles. The molecule has 31 heavy (non-hydrogen) atoms. The summed E-state index contributed by atoms with van der Waals surface area (Å²) in [7, 11) is 3.84. The Bertz CT molecular complexity index is 1060. The van der Waals surface area contributed by atoms with Crippen molar-refractivity contribution in [3.63, 3.8) is 0 Å². The number of carbonyl (C=O) groups excluding carboxylic acids is 1. The highest BCUT2D eigenvalue weighted by molar-refractivity contribution is 5.96. The maximum Gasteiger partial charge on any atom is 0.259 e. The van der Waals surface area contributed by atoms with Crippen LogP contribution in [0.25, 0.3) is 11.1 Å². The SMILES string of the molecule is CCc1noc(C)c1C(=O)N1CCCC[C@H]1c1nc(N(C)C)ncc1-c1ccncc1. The maximum atomic E-state index is 13.7. The highest BCUT2D eigenvalue weighted by Crippen LogP contribution is 2.37. The minimum atomic E-state index is -0.148. The van der Waals surface area contributed by atoms with Crippen LogP contribution in [0.1, 0.15) is 59.7 Å². The number of hydrogen-bond donors (Lipinski definition) is 0. The van der Waals surface area contributed by atoms with Gasteiger partial charge in [-0.2, -0.15) is 0 Å². The summed E-state index contributed by atoms with van der Waals surface area (Å²) in [6.45, 7) is 4.46. The summed E-state index contributed by atoms with van der Waals surface area (Å²) in [6, 6.07) is 3.75. The van der Waals surface area contributed by atoms with Gasteiger partial charge in [-0.25, -0.2) is 9.97 Å². The summed E-state index contributed by atoms with van der Waals surface area (Å²) >= 11 is 0. The highest BCUT2D eigenvalue weighted by Gasteiger charge is 2.34. The Morgan fingerprint density at radius 3 is 2.74 bits per heavy atom. The van der Waals surface area contributed by atoms with Crippen LogP contribution in [0.4, 0.5) is 5.95 Å². The molecule has 3 aromatic rings. The molecular weight excluding hydrogens is 392 g/mol. The topological polar surface area (TPSA) is 88.3 Å². The number of carbonyl (C=O) groups is 1. The summed E-state index contributed by atoms with van der Waals surface area (Å²) in [4.78, 5) is 31.1. The number of likely N-dealkylation sites (tertiary alicyclic amines) is 1. The lowest BCUT2D eigenvalue weighted by atomic mass is 9.93. The van der Waals surface area contributed by atoms with E-state index >= 15 is 0 Å². The minimum absolute atomic E-state index is 0.0361. The molecule has 8 heteroatoms. The Balaban J connectivity index is 1.81. The number of aryl methyl sites for hydroxylation is 2. The van der Waals surface area contributed by atoms with Crippen LogP contribution in [-0.2, 0) is 6.42 Å². The van der Waals surface area contributed by atoms with Gasteiger partial charge in [-0.05, 0) is 50.3 Å². The maximum absolute atomic E-state index is 13.7. The fourth-order valence-corrected chi connectivity index (χ4v) is 4.14. The zero-order valence-corrected chi connectivity index (χ0v) is 18.5. The molecule has 1 atom stereocenters. The lowest BCUT2D eigenvalue weighted by Crippen LogP contribution is -2.39. The summed E-state index contributed by atoms with van der Waals surface area (Å²) in [5.41, 5.74) is 4.07. The normalized spacial score (nSPS) is 16.4. The molecule has 1 aliphatic heterocycles. The second kappa shape index (κ2) is 8.83. The average molecular weight is 421 g/mol. The van der Waals surface area contributed by atoms with E-state index in [1.165, 1.54) is 0 Å². The first-order valence-corrected chi connectivity index (χ1v) is 10.7. The Hall–Kier alpha value is -3.29. The van der Waals surface area contributed by atoms with Crippen molar-refractivity contribution in [3.8, 4) is 11.1 Å². The average Bonchev–Trinajstić information content (AvgIpc) is 3.19. The number of pyridine rings is 1. The Morgan fingerprint density at radius 2 is 2.03 bits per heavy atom. The van der Waals surface area contributed by atoms with E-state index in [9.17, 15) is 4.79 Å². The molecular formula is C23H28N6O2. The summed E-state index contributed by atoms with van der Waals surface area (Å²) in [6.07, 6.45) is 8.87. The third-order valence-electron chi connectivity index (χ3n) is 5.76. The van der Waals surface area contributed by atoms with Crippen LogP contribution in [0.5, 0.6) is 0 Å². The fourth-order valence-electron chi connectivity index (χ4n) is 4.14. The van der Waals surface area contributed by atoms with Crippen LogP contribution in [-0.4, -0.2) is 51.6 Å². The van der Waals surface area contributed by atoms with E-state index in [0.29, 0.717) is 35.9 Å². The van der Waals surface area contributed by atoms with E-state index in [1.807, 2.05) is 49.1 Å². The van der Waals surface area contributed by atoms with Crippen molar-refractivity contribution in [2.75, 3.05) is 25.5 Å². The number of nitrogens with zero attached hydrogens (tertiary/aromatic N) is 6. The molecule has 4 heterocycles. The van der Waals surface area contributed by atoms with Gasteiger partial charge in [-0.15, -0.1) is 0 Å². The van der Waals surface area contributed by atoms with Crippen LogP contribution < -0.4 is 4.90 Å². The third-order valence-corrected chi connectivity index (χ3v) is 5.76. The summed E-state index contributed by atoms with van der Waals surface area (Å²) in [5, 5.41) is 4.09. The molecule has 0 radical (unpaired) electrons. The van der Waals surface area contributed by atoms with E-state index in [4.69, 9.17) is 9.51 Å². The molecule has 0 saturated carbocycles. The number of piperidine rings is 1. The number of anilines is 1. The van der Waals surface area contributed by atoms with Crippen LogP contribution in [0, 0.1) is 6.92 Å². The third kappa shape index (κ3) is 4.02. The first-order valence-electron chi connectivity index (χ1n) is 10.7. The van der Waals surface area contributed by atoms with Crippen molar-refractivity contribution in [1.29, 1.82) is 0 Å². The van der Waals surface area contributed by atoms with E-state index in [2.05, 4.69) is 15.1 Å². The van der Waals surface area contributed by atoms with Gasteiger partial charge in [-0.1, -0.05) is 12.1 Å². The van der Waals surface area contributed by atoms with Crippen molar-refractivity contribution < 1.29 is 9.32 Å². The monoisotopic (exact) mass is 420 g/mol. The Labute approximate surface area is 182 Å². The second-order valence-corrected chi connectivity index (χ2v) is 8.02. The molecule has 1 fully saturated rings. The molecule has 0 bridgehead atoms. The first kappa shape index (κ1) is 21.0. The predicted molar refractivity (Wildman–Crippen MR) is 118 cm³/mol. The van der Waals surface area contributed by atoms with Crippen LogP contribution >= 0.6 is 0 Å². The number of rotatable bonds is 5. The second-order valence-electron chi connectivity index (χ2n) is 8.02. The molecule has 1 saturated heterocycles. The van der Waals surface area contributed by atoms with Gasteiger partial charge in [0.25, 0.3) is 5.91 Å². The standard InChI is InChI=1S/C23H28N6O2/c1-5-18-20(15(2)31-27-18)22(30)29-13-7-6-8-19(29)21-17(16-9-11-24-12-10-16)14-25-23(26-21)28(3)4/h9-12,14,19H,5-8,13H2,1-4H3/t19-/m0/s1. The highest BCUT2D eigenvalue weighted by atomic mass is 16.5. The van der Waals surface area contributed by atoms with Crippen molar-refractivity contribution in [3.05, 3.63) is 53.4 Å². The van der Waals surface area contributed by atoms with Gasteiger partial charge >= 0.3 is 0 Å². The van der Waals surface area contributed by atoms with Crippen LogP contribution in [0.15, 0.2) is 35.2 Å². The largest absolute Gasteiger partial charge is 0.361 e. The zero-order valence-electron chi connectivity index (χ0n) is 18.5. The van der Waals surface area contributed by atoms with E-state index in [0.717, 1.165) is 36.1 Å². The van der Waals surface area contributed by atoms with Gasteiger partial charge in [0, 0.05) is 44.8 Å². The van der Waals surface area contributed by atoms with Crippen molar-refractivity contribution in [2.24, 2.45) is 0 Å².